The van der Waals surface area contributed by atoms with Gasteiger partial charge in [-0.3, -0.25) is 0 Å². The van der Waals surface area contributed by atoms with Crippen molar-refractivity contribution in [1.82, 2.24) is 0 Å². The molecule has 0 spiro atoms. The van der Waals surface area contributed by atoms with Gasteiger partial charge < -0.3 is 0 Å². The van der Waals surface area contributed by atoms with Crippen LogP contribution in [0.4, 0.5) is 0 Å². The molecule has 0 aromatic heterocycles. The van der Waals surface area contributed by atoms with Crippen molar-refractivity contribution in [3.05, 3.63) is 0 Å². The molecule has 0 saturated heterocycles. The van der Waals surface area contributed by atoms with Gasteiger partial charge in [-0.15, -0.1) is 17.0 Å². The van der Waals surface area contributed by atoms with Crippen LogP contribution < -0.4 is 0 Å². The zero-order chi connectivity index (χ0) is 2.71. The minimum absolute atomic E-state index is 0. The van der Waals surface area contributed by atoms with Gasteiger partial charge in [0.25, 0.3) is 0 Å². The zero-order valence-electron chi connectivity index (χ0n) is 1.55. The first-order valence-electron chi connectivity index (χ1n) is 0.278. The molecule has 0 N–H and O–H groups in total. The molecule has 0 rings (SSSR count). The number of hydrogen-bond acceptors (Lipinski definition) is 1. The Bertz CT molecular complexity index is 15.5. The fraction of sp³-hybridized carbons (Fsp3) is 0. The summed E-state index contributed by atoms with van der Waals surface area (Å²) in [5.41, 5.74) is 0. The van der Waals surface area contributed by atoms with Gasteiger partial charge in [-0.25, -0.2) is 0 Å². The van der Waals surface area contributed by atoms with Gasteiger partial charge in [0.2, 0.25) is 0 Å². The van der Waals surface area contributed by atoms with E-state index in [1.165, 1.54) is 0 Å². The van der Waals surface area contributed by atoms with Crippen LogP contribution >= 0.6 is 23.0 Å². The summed E-state index contributed by atoms with van der Waals surface area (Å²) in [6.45, 7) is 0. The number of rotatable bonds is 0. The standard InChI is InChI=1S/BrH.ClH.Gd.O/h2*1H;;/q;;+1;/p-1. The predicted octanol–water partition coefficient (Wildman–Crippen LogP) is 1.15. The molecular formula is HBrClGdO. The van der Waals surface area contributed by atoms with Crippen LogP contribution in [0.3, 0.4) is 0 Å². The molecule has 0 saturated carbocycles. The van der Waals surface area contributed by atoms with E-state index in [1.807, 2.05) is 0 Å². The summed E-state index contributed by atoms with van der Waals surface area (Å²) in [4.78, 5) is 0. The first-order valence-corrected chi connectivity index (χ1v) is 4.04. The Kier molecular flexibility index (Phi) is 20.6. The molecule has 1 nitrogen and oxygen atoms in total. The van der Waals surface area contributed by atoms with Crippen molar-refractivity contribution < 1.29 is 35.6 Å². The van der Waals surface area contributed by atoms with E-state index < -0.39 is 34.4 Å². The normalized spacial score (nSPS) is 4.25. The van der Waals surface area contributed by atoms with Crippen molar-refractivity contribution in [2.75, 3.05) is 0 Å². The van der Waals surface area contributed by atoms with Gasteiger partial charge in [0.05, 0.1) is 0 Å². The first kappa shape index (κ1) is 9.31. The van der Waals surface area contributed by atoms with E-state index in [9.17, 15) is 0 Å². The van der Waals surface area contributed by atoms with Crippen LogP contribution in [0.1, 0.15) is 0 Å². The van der Waals surface area contributed by atoms with E-state index in [0.717, 1.165) is 0 Å². The van der Waals surface area contributed by atoms with Gasteiger partial charge in [0.1, 0.15) is 0 Å². The summed E-state index contributed by atoms with van der Waals surface area (Å²) in [5.74, 6) is 4.58. The van der Waals surface area contributed by atoms with Crippen LogP contribution in [-0.4, -0.2) is 0 Å². The molecule has 0 radical (unpaired) electrons. The molecule has 0 atom stereocenters. The predicted molar refractivity (Wildman–Crippen MR) is 16.9 cm³/mol. The monoisotopic (exact) mass is 289 g/mol. The van der Waals surface area contributed by atoms with Crippen LogP contribution in [0, 0.1) is 34.4 Å². The third-order valence-electron chi connectivity index (χ3n) is 0. The molecule has 0 aliphatic rings. The Labute approximate surface area is 57.4 Å². The maximum absolute atomic E-state index is 8.83. The summed E-state index contributed by atoms with van der Waals surface area (Å²) in [6, 6.07) is 0. The molecule has 0 aromatic carbocycles. The molecule has 0 aromatic rings. The summed E-state index contributed by atoms with van der Waals surface area (Å²) in [6.07, 6.45) is 0. The molecular weight excluding hydrogens is 289 g/mol. The number of hydrogen-bond donors (Lipinski definition) is 0. The van der Waals surface area contributed by atoms with Crippen molar-refractivity contribution in [2.24, 2.45) is 0 Å². The topological polar surface area (TPSA) is 17.1 Å². The molecule has 0 aliphatic carbocycles. The van der Waals surface area contributed by atoms with Crippen molar-refractivity contribution in [1.29, 1.82) is 0 Å². The van der Waals surface area contributed by atoms with Gasteiger partial charge in [-0.2, -0.15) is 0 Å². The molecule has 0 bridgehead atoms. The Balaban J connectivity index is 0. The van der Waals surface area contributed by atoms with E-state index >= 15 is 0 Å². The van der Waals surface area contributed by atoms with Crippen molar-refractivity contribution in [3.63, 3.8) is 0 Å². The van der Waals surface area contributed by atoms with Gasteiger partial charge in [0, 0.05) is 0 Å². The molecule has 0 heterocycles. The molecule has 0 unspecified atom stereocenters. The van der Waals surface area contributed by atoms with Crippen molar-refractivity contribution in [2.45, 2.75) is 0 Å². The van der Waals surface area contributed by atoms with Crippen molar-refractivity contribution >= 4 is 23.0 Å². The van der Waals surface area contributed by atoms with E-state index in [1.54, 1.807) is 0 Å². The molecule has 0 aliphatic heterocycles. The third-order valence-corrected chi connectivity index (χ3v) is 0. The Morgan fingerprint density at radius 1 is 1.75 bits per heavy atom. The van der Waals surface area contributed by atoms with Crippen LogP contribution in [0.5, 0.6) is 0 Å². The van der Waals surface area contributed by atoms with Crippen LogP contribution in [0.25, 0.3) is 0 Å². The second-order valence-corrected chi connectivity index (χ2v) is 1.21. The summed E-state index contributed by atoms with van der Waals surface area (Å²) < 4.78 is 8.83. The first-order chi connectivity index (χ1) is 1.41. The fourth-order valence-electron chi connectivity index (χ4n) is 0. The Morgan fingerprint density at radius 2 is 1.75 bits per heavy atom. The van der Waals surface area contributed by atoms with Gasteiger partial charge in [-0.05, 0) is 0 Å². The summed E-state index contributed by atoms with van der Waals surface area (Å²) in [7, 11) is 0. The SMILES string of the molecule is Br.[O]=[Gd][Cl]. The molecule has 0 amide bonds. The average molecular weight is 290 g/mol. The minimum atomic E-state index is -1.36. The van der Waals surface area contributed by atoms with Crippen molar-refractivity contribution in [3.8, 4) is 0 Å². The quantitative estimate of drug-likeness (QED) is 0.654. The Hall–Kier alpha value is 1.89. The van der Waals surface area contributed by atoms with Gasteiger partial charge >= 0.3 is 41.6 Å². The second kappa shape index (κ2) is 8.86. The zero-order valence-corrected chi connectivity index (χ0v) is 6.29. The van der Waals surface area contributed by atoms with E-state index in [4.69, 9.17) is 1.16 Å². The summed E-state index contributed by atoms with van der Waals surface area (Å²) in [5, 5.41) is 0. The molecule has 0 fully saturated rings. The third kappa shape index (κ3) is 9.09. The summed E-state index contributed by atoms with van der Waals surface area (Å²) >= 11 is -1.36. The Morgan fingerprint density at radius 3 is 1.75 bits per heavy atom. The van der Waals surface area contributed by atoms with Crippen LogP contribution in [0.15, 0.2) is 0 Å². The molecule has 4 heteroatoms. The van der Waals surface area contributed by atoms with E-state index in [2.05, 4.69) is 5.97 Å². The van der Waals surface area contributed by atoms with Crippen LogP contribution in [-0.2, 0) is 1.16 Å². The molecule has 4 heavy (non-hydrogen) atoms. The van der Waals surface area contributed by atoms with E-state index in [0.29, 0.717) is 0 Å². The average Bonchev–Trinajstić information content (AvgIpc) is 0.918. The van der Waals surface area contributed by atoms with Crippen LogP contribution in [0.2, 0.25) is 0 Å². The van der Waals surface area contributed by atoms with E-state index in [-0.39, 0.29) is 17.0 Å². The van der Waals surface area contributed by atoms with Gasteiger partial charge in [-0.1, -0.05) is 0 Å². The second-order valence-electron chi connectivity index (χ2n) is 0.0546. The fourth-order valence-corrected chi connectivity index (χ4v) is 0. The molecule has 29 valence electrons. The maximum atomic E-state index is 8.83. The van der Waals surface area contributed by atoms with Gasteiger partial charge in [0.15, 0.2) is 0 Å². The number of halogens is 2.